The van der Waals surface area contributed by atoms with Crippen molar-refractivity contribution >= 4 is 10.0 Å². The van der Waals surface area contributed by atoms with Gasteiger partial charge < -0.3 is 10.4 Å². The molecule has 0 amide bonds. The van der Waals surface area contributed by atoms with E-state index in [2.05, 4.69) is 5.32 Å². The van der Waals surface area contributed by atoms with Crippen molar-refractivity contribution in [3.63, 3.8) is 0 Å². The van der Waals surface area contributed by atoms with E-state index in [0.29, 0.717) is 6.54 Å². The molecule has 0 heterocycles. The van der Waals surface area contributed by atoms with Crippen molar-refractivity contribution in [1.29, 1.82) is 0 Å². The first-order valence-electron chi connectivity index (χ1n) is 7.05. The van der Waals surface area contributed by atoms with Gasteiger partial charge in [-0.25, -0.2) is 17.9 Å². The monoisotopic (exact) mass is 338 g/mol. The van der Waals surface area contributed by atoms with Gasteiger partial charge in [-0.05, 0) is 42.3 Å². The maximum atomic E-state index is 13.3. The molecular formula is C16H19FN2O3S. The van der Waals surface area contributed by atoms with Crippen molar-refractivity contribution < 1.29 is 17.9 Å². The molecule has 2 aromatic carbocycles. The van der Waals surface area contributed by atoms with E-state index in [0.717, 1.165) is 11.1 Å². The van der Waals surface area contributed by atoms with Gasteiger partial charge in [0.05, 0.1) is 11.5 Å². The highest BCUT2D eigenvalue weighted by atomic mass is 32.2. The molecule has 5 nitrogen and oxygen atoms in total. The molecule has 23 heavy (non-hydrogen) atoms. The summed E-state index contributed by atoms with van der Waals surface area (Å²) in [5.41, 5.74) is 2.01. The third kappa shape index (κ3) is 4.59. The molecule has 0 bridgehead atoms. The fraction of sp³-hybridized carbons (Fsp3) is 0.250. The number of nitrogens with one attached hydrogen (secondary N) is 1. The first kappa shape index (κ1) is 17.6. The van der Waals surface area contributed by atoms with Gasteiger partial charge in [0.15, 0.2) is 0 Å². The number of hydrogen-bond donors (Lipinski definition) is 3. The minimum atomic E-state index is -3.69. The van der Waals surface area contributed by atoms with E-state index < -0.39 is 15.8 Å². The second-order valence-corrected chi connectivity index (χ2v) is 6.86. The van der Waals surface area contributed by atoms with Gasteiger partial charge in [-0.15, -0.1) is 0 Å². The predicted molar refractivity (Wildman–Crippen MR) is 85.4 cm³/mol. The molecule has 0 aliphatic heterocycles. The lowest BCUT2D eigenvalue weighted by Gasteiger charge is -2.15. The number of rotatable bonds is 6. The molecule has 1 unspecified atom stereocenters. The highest BCUT2D eigenvalue weighted by Crippen LogP contribution is 2.17. The molecule has 0 saturated heterocycles. The van der Waals surface area contributed by atoms with Crippen molar-refractivity contribution in [2.24, 2.45) is 5.14 Å². The molecule has 124 valence electrons. The van der Waals surface area contributed by atoms with E-state index in [1.807, 2.05) is 6.92 Å². The van der Waals surface area contributed by atoms with Crippen molar-refractivity contribution in [3.8, 4) is 0 Å². The average molecular weight is 338 g/mol. The van der Waals surface area contributed by atoms with Gasteiger partial charge in [0, 0.05) is 18.2 Å². The Kier molecular flexibility index (Phi) is 5.48. The summed E-state index contributed by atoms with van der Waals surface area (Å²) in [6.45, 7) is 2.08. The van der Waals surface area contributed by atoms with Crippen LogP contribution in [-0.2, 0) is 23.2 Å². The molecule has 4 N–H and O–H groups in total. The van der Waals surface area contributed by atoms with Crippen molar-refractivity contribution in [2.75, 3.05) is 0 Å². The average Bonchev–Trinajstić information content (AvgIpc) is 2.53. The van der Waals surface area contributed by atoms with Gasteiger partial charge in [0.2, 0.25) is 10.0 Å². The number of aliphatic hydroxyl groups is 1. The Labute approximate surface area is 135 Å². The Morgan fingerprint density at radius 1 is 1.22 bits per heavy atom. The summed E-state index contributed by atoms with van der Waals surface area (Å²) in [6, 6.07) is 10.9. The van der Waals surface area contributed by atoms with E-state index in [1.165, 1.54) is 18.2 Å². The van der Waals surface area contributed by atoms with Crippen LogP contribution >= 0.6 is 0 Å². The van der Waals surface area contributed by atoms with E-state index in [9.17, 15) is 12.8 Å². The number of nitrogens with two attached hydrogens (primary N) is 1. The van der Waals surface area contributed by atoms with Crippen LogP contribution in [0.3, 0.4) is 0 Å². The zero-order valence-electron chi connectivity index (χ0n) is 12.7. The molecule has 0 aliphatic carbocycles. The van der Waals surface area contributed by atoms with E-state index in [1.54, 1.807) is 24.3 Å². The van der Waals surface area contributed by atoms with Gasteiger partial charge in [-0.3, -0.25) is 0 Å². The van der Waals surface area contributed by atoms with Gasteiger partial charge in [0.1, 0.15) is 5.82 Å². The largest absolute Gasteiger partial charge is 0.392 e. The quantitative estimate of drug-likeness (QED) is 0.749. The number of halogens is 1. The van der Waals surface area contributed by atoms with Crippen LogP contribution in [0.5, 0.6) is 0 Å². The molecular weight excluding hydrogens is 319 g/mol. The SMILES string of the molecule is CC(NCc1ccc(F)c(CO)c1)c1ccc(S(N)(=O)=O)cc1. The summed E-state index contributed by atoms with van der Waals surface area (Å²) in [6.07, 6.45) is 0. The Balaban J connectivity index is 2.03. The van der Waals surface area contributed by atoms with Crippen molar-refractivity contribution in [3.05, 3.63) is 65.0 Å². The van der Waals surface area contributed by atoms with Crippen LogP contribution in [0, 0.1) is 5.82 Å². The minimum absolute atomic E-state index is 0.0350. The zero-order valence-corrected chi connectivity index (χ0v) is 13.5. The summed E-state index contributed by atoms with van der Waals surface area (Å²) in [5, 5.41) is 17.4. The number of aliphatic hydroxyl groups excluding tert-OH is 1. The Morgan fingerprint density at radius 2 is 1.87 bits per heavy atom. The van der Waals surface area contributed by atoms with E-state index in [4.69, 9.17) is 10.2 Å². The molecule has 2 rings (SSSR count). The molecule has 0 aromatic heterocycles. The van der Waals surface area contributed by atoms with Crippen LogP contribution in [-0.4, -0.2) is 13.5 Å². The van der Waals surface area contributed by atoms with Gasteiger partial charge in [-0.1, -0.05) is 18.2 Å². The van der Waals surface area contributed by atoms with Crippen LogP contribution in [0.15, 0.2) is 47.4 Å². The van der Waals surface area contributed by atoms with Crippen LogP contribution in [0.4, 0.5) is 4.39 Å². The number of benzene rings is 2. The maximum Gasteiger partial charge on any atom is 0.238 e. The first-order valence-corrected chi connectivity index (χ1v) is 8.60. The smallest absolute Gasteiger partial charge is 0.238 e. The summed E-state index contributed by atoms with van der Waals surface area (Å²) < 4.78 is 35.8. The Bertz CT molecular complexity index is 776. The predicted octanol–water partition coefficient (Wildman–Crippen LogP) is 1.82. The fourth-order valence-corrected chi connectivity index (χ4v) is 2.71. The van der Waals surface area contributed by atoms with Crippen LogP contribution in [0.1, 0.15) is 29.7 Å². The Hall–Kier alpha value is -1.80. The standard InChI is InChI=1S/C16H19FN2O3S/c1-11(13-3-5-15(6-4-13)23(18,21)22)19-9-12-2-7-16(17)14(8-12)10-20/h2-8,11,19-20H,9-10H2,1H3,(H2,18,21,22). The van der Waals surface area contributed by atoms with Gasteiger partial charge in [0.25, 0.3) is 0 Å². The Morgan fingerprint density at radius 3 is 2.43 bits per heavy atom. The van der Waals surface area contributed by atoms with E-state index in [-0.39, 0.29) is 23.1 Å². The lowest BCUT2D eigenvalue weighted by Crippen LogP contribution is -2.18. The molecule has 0 aliphatic rings. The first-order chi connectivity index (χ1) is 10.8. The zero-order chi connectivity index (χ0) is 17.0. The molecule has 7 heteroatoms. The topological polar surface area (TPSA) is 92.4 Å². The fourth-order valence-electron chi connectivity index (χ4n) is 2.19. The second kappa shape index (κ2) is 7.18. The lowest BCUT2D eigenvalue weighted by atomic mass is 10.1. The summed E-state index contributed by atoms with van der Waals surface area (Å²) in [7, 11) is -3.69. The third-order valence-corrected chi connectivity index (χ3v) is 4.53. The highest BCUT2D eigenvalue weighted by molar-refractivity contribution is 7.89. The van der Waals surface area contributed by atoms with Crippen LogP contribution < -0.4 is 10.5 Å². The van der Waals surface area contributed by atoms with Crippen LogP contribution in [0.25, 0.3) is 0 Å². The third-order valence-electron chi connectivity index (χ3n) is 3.60. The number of sulfonamides is 1. The number of hydrogen-bond acceptors (Lipinski definition) is 4. The minimum Gasteiger partial charge on any atom is -0.392 e. The van der Waals surface area contributed by atoms with Crippen molar-refractivity contribution in [1.82, 2.24) is 5.32 Å². The summed E-state index contributed by atoms with van der Waals surface area (Å²) in [4.78, 5) is 0.0690. The molecule has 0 radical (unpaired) electrons. The van der Waals surface area contributed by atoms with Gasteiger partial charge in [-0.2, -0.15) is 0 Å². The maximum absolute atomic E-state index is 13.3. The normalized spacial score (nSPS) is 13.0. The second-order valence-electron chi connectivity index (χ2n) is 5.30. The molecule has 1 atom stereocenters. The van der Waals surface area contributed by atoms with Crippen molar-refractivity contribution in [2.45, 2.75) is 31.0 Å². The molecule has 0 saturated carbocycles. The summed E-state index contributed by atoms with van der Waals surface area (Å²) >= 11 is 0. The molecule has 0 spiro atoms. The molecule has 0 fully saturated rings. The van der Waals surface area contributed by atoms with E-state index >= 15 is 0 Å². The molecule has 2 aromatic rings. The highest BCUT2D eigenvalue weighted by Gasteiger charge is 2.10. The number of primary sulfonamides is 1. The van der Waals surface area contributed by atoms with Crippen LogP contribution in [0.2, 0.25) is 0 Å². The van der Waals surface area contributed by atoms with Gasteiger partial charge >= 0.3 is 0 Å². The summed E-state index contributed by atoms with van der Waals surface area (Å²) in [5.74, 6) is -0.428. The lowest BCUT2D eigenvalue weighted by molar-refractivity contribution is 0.275.